The average Bonchev–Trinajstić information content (AvgIpc) is 4.40. The maximum Gasteiger partial charge on any atom is 0.252 e. The SMILES string of the molecule is CCNC(=O)[C@@H]1C[C@@H](O)[C@H](n2cnc3c(N[C@H]4CC[C@H](Nc5ncnc(N[C@H]6CC[C@H](Nc7nc(NCCc8cn(C)cn8)nc8c7ncn8[C@@H]7O[C@H](C(=O)NCC)[C@@H](O)[C@H]7O)CC6)n5)CC4)nc(NCCc4cn(C)cn4)nc32)O1. The van der Waals surface area contributed by atoms with E-state index in [0.717, 1.165) is 62.8 Å². The summed E-state index contributed by atoms with van der Waals surface area (Å²) in [5, 5.41) is 59.5. The van der Waals surface area contributed by atoms with Crippen molar-refractivity contribution in [3.05, 3.63) is 55.4 Å². The van der Waals surface area contributed by atoms with Crippen molar-refractivity contribution in [1.82, 2.24) is 83.7 Å². The third-order valence-electron chi connectivity index (χ3n) is 15.2. The number of nitrogens with zero attached hydrogens (tertiary/aromatic N) is 15. The van der Waals surface area contributed by atoms with Gasteiger partial charge in [0.2, 0.25) is 29.7 Å². The Labute approximate surface area is 465 Å². The lowest BCUT2D eigenvalue weighted by Gasteiger charge is -2.31. The first-order valence-electron chi connectivity index (χ1n) is 27.9. The molecule has 9 heterocycles. The van der Waals surface area contributed by atoms with Gasteiger partial charge in [0.25, 0.3) is 5.91 Å². The van der Waals surface area contributed by atoms with Gasteiger partial charge in [-0.3, -0.25) is 18.7 Å². The zero-order valence-electron chi connectivity index (χ0n) is 45.7. The number of likely N-dealkylation sites (N-methyl/N-ethyl adjacent to an activating group) is 2. The zero-order chi connectivity index (χ0) is 56.1. The Balaban J connectivity index is 0.700. The summed E-state index contributed by atoms with van der Waals surface area (Å²) < 4.78 is 19.0. The number of aliphatic hydroxyl groups excluding tert-OH is 3. The highest BCUT2D eigenvalue weighted by Crippen LogP contribution is 2.36. The third-order valence-corrected chi connectivity index (χ3v) is 15.2. The molecule has 0 radical (unpaired) electrons. The molecule has 2 saturated carbocycles. The van der Waals surface area contributed by atoms with Gasteiger partial charge < -0.3 is 76.5 Å². The predicted octanol–water partition coefficient (Wildman–Crippen LogP) is 1.14. The Morgan fingerprint density at radius 2 is 1.04 bits per heavy atom. The Bertz CT molecular complexity index is 3280. The Kier molecular flexibility index (Phi) is 16.6. The fraction of sp³-hybridized carbons (Fsp3) is 0.588. The van der Waals surface area contributed by atoms with Gasteiger partial charge >= 0.3 is 0 Å². The number of hydrogen-bond acceptors (Lipinski definition) is 24. The molecule has 30 heteroatoms. The minimum absolute atomic E-state index is 0.0408. The molecule has 30 nitrogen and oxygen atoms in total. The molecule has 7 aromatic heterocycles. The average molecular weight is 1120 g/mol. The standard InChI is InChI=1S/C51H71N23O7/c1-5-52-44(78)34-19-33(75)46(80-34)73-25-60-35-40(66-48(68-42(35)73)54-17-15-31-20-71(3)23-58-31)62-27-7-11-29(12-8-27)64-50-56-22-57-51(70-50)65-30-13-9-28(10-14-30)63-41-36-43(69-49(67-41)55-18-16-32-21-72(4)24-59-32)74(26-61-36)47-38(77)37(76)39(81-47)45(79)53-6-2/h20-30,33-34,37-39,46-47,75-77H,5-19H2,1-4H3,(H,52,78)(H,53,79)(H2,54,62,66,68)(H2,55,63,67,69)(H2,56,57,64,65,70)/t27-,28-,29-,30-,33-,34+,37+,38-,39+,46-,47-/m1/s1. The third kappa shape index (κ3) is 12.5. The van der Waals surface area contributed by atoms with Crippen LogP contribution < -0.4 is 42.5 Å². The van der Waals surface area contributed by atoms with Crippen molar-refractivity contribution >= 4 is 69.6 Å². The van der Waals surface area contributed by atoms with Crippen molar-refractivity contribution in [2.45, 2.75) is 152 Å². The minimum atomic E-state index is -1.46. The lowest BCUT2D eigenvalue weighted by Crippen LogP contribution is -2.42. The van der Waals surface area contributed by atoms with Crippen molar-refractivity contribution in [2.75, 3.05) is 58.1 Å². The van der Waals surface area contributed by atoms with Crippen molar-refractivity contribution in [3.8, 4) is 0 Å². The summed E-state index contributed by atoms with van der Waals surface area (Å²) in [5.41, 5.74) is 3.64. The van der Waals surface area contributed by atoms with Gasteiger partial charge in [-0.05, 0) is 65.2 Å². The molecule has 0 bridgehead atoms. The molecule has 7 atom stereocenters. The van der Waals surface area contributed by atoms with E-state index in [2.05, 4.69) is 67.5 Å². The van der Waals surface area contributed by atoms with Gasteiger partial charge in [-0.15, -0.1) is 0 Å². The maximum atomic E-state index is 12.7. The van der Waals surface area contributed by atoms with Crippen molar-refractivity contribution in [2.24, 2.45) is 14.1 Å². The highest BCUT2D eigenvalue weighted by Gasteiger charge is 2.48. The smallest absolute Gasteiger partial charge is 0.252 e. The Morgan fingerprint density at radius 3 is 1.52 bits per heavy atom. The lowest BCUT2D eigenvalue weighted by atomic mass is 9.91. The van der Waals surface area contributed by atoms with Gasteiger partial charge in [-0.2, -0.15) is 24.9 Å². The van der Waals surface area contributed by atoms with E-state index in [1.165, 1.54) is 17.2 Å². The van der Waals surface area contributed by atoms with Crippen LogP contribution in [0.25, 0.3) is 22.3 Å². The summed E-state index contributed by atoms with van der Waals surface area (Å²) in [5.74, 6) is 1.96. The highest BCUT2D eigenvalue weighted by molar-refractivity contribution is 5.86. The molecule has 2 aliphatic heterocycles. The largest absolute Gasteiger partial charge is 0.388 e. The maximum absolute atomic E-state index is 12.7. The van der Waals surface area contributed by atoms with Gasteiger partial charge in [-0.1, -0.05) is 0 Å². The molecule has 2 aliphatic carbocycles. The number of rotatable bonds is 22. The summed E-state index contributed by atoms with van der Waals surface area (Å²) in [6.45, 7) is 5.42. The number of carbonyl (C=O) groups is 2. The number of aryl methyl sites for hydroxylation is 2. The number of aromatic nitrogens is 15. The molecule has 81 heavy (non-hydrogen) atoms. The molecule has 2 amide bonds. The van der Waals surface area contributed by atoms with Crippen molar-refractivity contribution in [3.63, 3.8) is 0 Å². The van der Waals surface area contributed by atoms with Crippen LogP contribution in [-0.2, 0) is 46.0 Å². The normalized spacial score (nSPS) is 25.7. The van der Waals surface area contributed by atoms with Gasteiger partial charge in [-0.25, -0.2) is 29.9 Å². The van der Waals surface area contributed by atoms with Gasteiger partial charge in [0.05, 0.1) is 36.7 Å². The van der Waals surface area contributed by atoms with E-state index in [4.69, 9.17) is 39.4 Å². The molecule has 11 N–H and O–H groups in total. The van der Waals surface area contributed by atoms with E-state index in [9.17, 15) is 24.9 Å². The second-order valence-electron chi connectivity index (χ2n) is 21.2. The molecule has 4 aliphatic rings. The molecule has 7 aromatic rings. The predicted molar refractivity (Wildman–Crippen MR) is 296 cm³/mol. The second-order valence-corrected chi connectivity index (χ2v) is 21.2. The number of imidazole rings is 4. The number of aliphatic hydroxyl groups is 3. The van der Waals surface area contributed by atoms with Crippen LogP contribution in [0.4, 0.5) is 35.4 Å². The first kappa shape index (κ1) is 55.0. The van der Waals surface area contributed by atoms with Crippen LogP contribution in [0.1, 0.15) is 95.5 Å². The van der Waals surface area contributed by atoms with Crippen LogP contribution in [0.5, 0.6) is 0 Å². The van der Waals surface area contributed by atoms with E-state index in [1.807, 2.05) is 42.5 Å². The van der Waals surface area contributed by atoms with Crippen LogP contribution in [0.2, 0.25) is 0 Å². The fourth-order valence-electron chi connectivity index (χ4n) is 11.1. The number of anilines is 6. The summed E-state index contributed by atoms with van der Waals surface area (Å²) in [6, 6.07) is 0.343. The highest BCUT2D eigenvalue weighted by atomic mass is 16.6. The van der Waals surface area contributed by atoms with Crippen LogP contribution in [-0.4, -0.2) is 181 Å². The zero-order valence-corrected chi connectivity index (χ0v) is 45.7. The van der Waals surface area contributed by atoms with E-state index in [-0.39, 0.29) is 36.5 Å². The molecule has 0 spiro atoms. The summed E-state index contributed by atoms with van der Waals surface area (Å²) in [4.78, 5) is 76.7. The second kappa shape index (κ2) is 24.4. The monoisotopic (exact) mass is 1120 g/mol. The van der Waals surface area contributed by atoms with Crippen LogP contribution in [0.3, 0.4) is 0 Å². The number of ether oxygens (including phenoxy) is 2. The number of hydrogen-bond donors (Lipinski definition) is 11. The molecule has 2 saturated heterocycles. The van der Waals surface area contributed by atoms with Crippen molar-refractivity contribution in [1.29, 1.82) is 0 Å². The van der Waals surface area contributed by atoms with Crippen LogP contribution in [0.15, 0.2) is 44.0 Å². The van der Waals surface area contributed by atoms with Gasteiger partial charge in [0, 0.05) is 96.1 Å². The summed E-state index contributed by atoms with van der Waals surface area (Å²) in [7, 11) is 3.85. The van der Waals surface area contributed by atoms with Gasteiger partial charge in [0.15, 0.2) is 52.5 Å². The first-order chi connectivity index (χ1) is 39.4. The topological polar surface area (TPSA) is 371 Å². The molecule has 0 unspecified atom stereocenters. The number of fused-ring (bicyclic) bond motifs is 2. The van der Waals surface area contributed by atoms with Gasteiger partial charge in [0.1, 0.15) is 30.7 Å². The number of carbonyl (C=O) groups excluding carboxylic acids is 2. The quantitative estimate of drug-likeness (QED) is 0.0453. The number of nitrogens with one attached hydrogen (secondary N) is 8. The first-order valence-corrected chi connectivity index (χ1v) is 27.9. The fourth-order valence-corrected chi connectivity index (χ4v) is 11.1. The minimum Gasteiger partial charge on any atom is -0.388 e. The van der Waals surface area contributed by atoms with E-state index >= 15 is 0 Å². The number of amides is 2. The van der Waals surface area contributed by atoms with Crippen LogP contribution in [0, 0.1) is 0 Å². The Hall–Kier alpha value is -7.93. The molecule has 4 fully saturated rings. The van der Waals surface area contributed by atoms with E-state index in [0.29, 0.717) is 96.8 Å². The van der Waals surface area contributed by atoms with E-state index in [1.54, 1.807) is 30.5 Å². The molecule has 0 aromatic carbocycles. The molecular formula is C51H71N23O7. The Morgan fingerprint density at radius 1 is 0.556 bits per heavy atom. The molecular weight excluding hydrogens is 1050 g/mol. The summed E-state index contributed by atoms with van der Waals surface area (Å²) >= 11 is 0. The van der Waals surface area contributed by atoms with Crippen molar-refractivity contribution < 1.29 is 34.4 Å². The lowest BCUT2D eigenvalue weighted by molar-refractivity contribution is -0.137. The van der Waals surface area contributed by atoms with Crippen LogP contribution >= 0.6 is 0 Å². The molecule has 432 valence electrons. The summed E-state index contributed by atoms with van der Waals surface area (Å²) in [6.07, 6.45) is 12.1. The molecule has 11 rings (SSSR count). The van der Waals surface area contributed by atoms with E-state index < -0.39 is 48.9 Å².